The van der Waals surface area contributed by atoms with Crippen molar-refractivity contribution in [2.75, 3.05) is 36.0 Å². The van der Waals surface area contributed by atoms with Crippen LogP contribution in [0.5, 0.6) is 0 Å². The molecular weight excluding hydrogens is 262 g/mol. The number of rotatable bonds is 3. The van der Waals surface area contributed by atoms with Crippen LogP contribution < -0.4 is 9.80 Å². The number of aliphatic hydroxyl groups is 1. The molecule has 1 aromatic carbocycles. The van der Waals surface area contributed by atoms with Gasteiger partial charge >= 0.3 is 0 Å². The Kier molecular flexibility index (Phi) is 4.06. The predicted molar refractivity (Wildman–Crippen MR) is 85.8 cm³/mol. The molecule has 0 amide bonds. The fraction of sp³-hybridized carbons (Fsp3) is 0.353. The zero-order chi connectivity index (χ0) is 14.7. The topological polar surface area (TPSA) is 39.6 Å². The van der Waals surface area contributed by atoms with Gasteiger partial charge in [-0.1, -0.05) is 12.1 Å². The molecule has 0 radical (unpaired) electrons. The van der Waals surface area contributed by atoms with Gasteiger partial charge in [0.1, 0.15) is 5.82 Å². The van der Waals surface area contributed by atoms with Crippen LogP contribution in [0.1, 0.15) is 11.1 Å². The second-order valence-electron chi connectivity index (χ2n) is 5.49. The molecule has 2 aromatic rings. The third-order valence-corrected chi connectivity index (χ3v) is 3.96. The van der Waals surface area contributed by atoms with Gasteiger partial charge in [0.2, 0.25) is 0 Å². The molecule has 1 fully saturated rings. The monoisotopic (exact) mass is 283 g/mol. The van der Waals surface area contributed by atoms with Crippen LogP contribution in [-0.2, 0) is 6.61 Å². The number of hydrogen-bond donors (Lipinski definition) is 1. The number of aryl methyl sites for hydroxylation is 1. The second kappa shape index (κ2) is 6.14. The molecule has 4 nitrogen and oxygen atoms in total. The Morgan fingerprint density at radius 2 is 1.81 bits per heavy atom. The molecule has 21 heavy (non-hydrogen) atoms. The van der Waals surface area contributed by atoms with E-state index >= 15 is 0 Å². The van der Waals surface area contributed by atoms with E-state index in [4.69, 9.17) is 0 Å². The Labute approximate surface area is 125 Å². The number of piperazine rings is 1. The molecule has 1 N–H and O–H groups in total. The standard InChI is InChI=1S/C17H21N3O/c1-14-3-2-4-16(11-14)19-7-9-20(10-8-19)17-12-15(13-21)5-6-18-17/h2-6,11-12,21H,7-10,13H2,1H3. The maximum absolute atomic E-state index is 9.22. The molecule has 0 bridgehead atoms. The minimum atomic E-state index is 0.0682. The number of pyridine rings is 1. The molecule has 1 aromatic heterocycles. The summed E-state index contributed by atoms with van der Waals surface area (Å²) in [6.07, 6.45) is 1.77. The summed E-state index contributed by atoms with van der Waals surface area (Å²) in [7, 11) is 0. The SMILES string of the molecule is Cc1cccc(N2CCN(c3cc(CO)ccn3)CC2)c1. The maximum atomic E-state index is 9.22. The zero-order valence-electron chi connectivity index (χ0n) is 12.4. The van der Waals surface area contributed by atoms with Gasteiger partial charge in [0.25, 0.3) is 0 Å². The van der Waals surface area contributed by atoms with Crippen molar-refractivity contribution in [3.05, 3.63) is 53.7 Å². The van der Waals surface area contributed by atoms with E-state index in [9.17, 15) is 5.11 Å². The van der Waals surface area contributed by atoms with E-state index in [2.05, 4.69) is 46.0 Å². The summed E-state index contributed by atoms with van der Waals surface area (Å²) >= 11 is 0. The molecule has 2 heterocycles. The van der Waals surface area contributed by atoms with Crippen molar-refractivity contribution in [2.45, 2.75) is 13.5 Å². The first kappa shape index (κ1) is 13.9. The van der Waals surface area contributed by atoms with Gasteiger partial charge < -0.3 is 14.9 Å². The van der Waals surface area contributed by atoms with Crippen LogP contribution in [0.25, 0.3) is 0 Å². The molecule has 0 saturated carbocycles. The smallest absolute Gasteiger partial charge is 0.128 e. The van der Waals surface area contributed by atoms with E-state index in [1.807, 2.05) is 12.1 Å². The maximum Gasteiger partial charge on any atom is 0.128 e. The minimum Gasteiger partial charge on any atom is -0.392 e. The fourth-order valence-electron chi connectivity index (χ4n) is 2.75. The number of hydrogen-bond acceptors (Lipinski definition) is 4. The molecule has 0 unspecified atom stereocenters. The Morgan fingerprint density at radius 1 is 1.05 bits per heavy atom. The number of nitrogens with zero attached hydrogens (tertiary/aromatic N) is 3. The highest BCUT2D eigenvalue weighted by atomic mass is 16.3. The summed E-state index contributed by atoms with van der Waals surface area (Å²) in [4.78, 5) is 9.12. The fourth-order valence-corrected chi connectivity index (χ4v) is 2.75. The molecule has 1 aliphatic heterocycles. The van der Waals surface area contributed by atoms with Gasteiger partial charge in [-0.15, -0.1) is 0 Å². The highest BCUT2D eigenvalue weighted by Gasteiger charge is 2.18. The van der Waals surface area contributed by atoms with Gasteiger partial charge in [-0.25, -0.2) is 4.98 Å². The molecule has 110 valence electrons. The van der Waals surface area contributed by atoms with Gasteiger partial charge in [-0.2, -0.15) is 0 Å². The van der Waals surface area contributed by atoms with Gasteiger partial charge in [0.15, 0.2) is 0 Å². The van der Waals surface area contributed by atoms with E-state index in [1.54, 1.807) is 6.20 Å². The number of aromatic nitrogens is 1. The van der Waals surface area contributed by atoms with Crippen LogP contribution in [0.4, 0.5) is 11.5 Å². The average molecular weight is 283 g/mol. The second-order valence-corrected chi connectivity index (χ2v) is 5.49. The van der Waals surface area contributed by atoms with E-state index in [0.717, 1.165) is 37.6 Å². The summed E-state index contributed by atoms with van der Waals surface area (Å²) < 4.78 is 0. The Hall–Kier alpha value is -2.07. The first-order valence-electron chi connectivity index (χ1n) is 7.38. The van der Waals surface area contributed by atoms with Crippen molar-refractivity contribution in [1.29, 1.82) is 0 Å². The number of benzene rings is 1. The molecule has 0 aliphatic carbocycles. The Balaban J connectivity index is 1.67. The van der Waals surface area contributed by atoms with E-state index in [-0.39, 0.29) is 6.61 Å². The number of aliphatic hydroxyl groups excluding tert-OH is 1. The zero-order valence-corrected chi connectivity index (χ0v) is 12.4. The third-order valence-electron chi connectivity index (χ3n) is 3.96. The van der Waals surface area contributed by atoms with Gasteiger partial charge in [0.05, 0.1) is 6.61 Å². The molecular formula is C17H21N3O. The first-order valence-corrected chi connectivity index (χ1v) is 7.38. The summed E-state index contributed by atoms with van der Waals surface area (Å²) in [6.45, 7) is 6.09. The van der Waals surface area contributed by atoms with E-state index < -0.39 is 0 Å². The molecule has 0 atom stereocenters. The van der Waals surface area contributed by atoms with Gasteiger partial charge in [-0.05, 0) is 42.3 Å². The third kappa shape index (κ3) is 3.16. The van der Waals surface area contributed by atoms with Crippen LogP contribution in [0.2, 0.25) is 0 Å². The average Bonchev–Trinajstić information content (AvgIpc) is 2.55. The van der Waals surface area contributed by atoms with Crippen molar-refractivity contribution in [1.82, 2.24) is 4.98 Å². The lowest BCUT2D eigenvalue weighted by molar-refractivity contribution is 0.281. The van der Waals surface area contributed by atoms with Crippen molar-refractivity contribution < 1.29 is 5.11 Å². The van der Waals surface area contributed by atoms with Gasteiger partial charge in [-0.3, -0.25) is 0 Å². The highest BCUT2D eigenvalue weighted by molar-refractivity contribution is 5.51. The highest BCUT2D eigenvalue weighted by Crippen LogP contribution is 2.20. The minimum absolute atomic E-state index is 0.0682. The molecule has 1 aliphatic rings. The van der Waals surface area contributed by atoms with Crippen molar-refractivity contribution in [3.8, 4) is 0 Å². The summed E-state index contributed by atoms with van der Waals surface area (Å²) in [5.74, 6) is 0.963. The van der Waals surface area contributed by atoms with Crippen molar-refractivity contribution in [2.24, 2.45) is 0 Å². The Bertz CT molecular complexity index is 606. The lowest BCUT2D eigenvalue weighted by Crippen LogP contribution is -2.46. The summed E-state index contributed by atoms with van der Waals surface area (Å²) in [5, 5.41) is 9.22. The van der Waals surface area contributed by atoms with Crippen LogP contribution in [-0.4, -0.2) is 36.3 Å². The summed E-state index contributed by atoms with van der Waals surface area (Å²) in [5.41, 5.74) is 3.51. The molecule has 0 spiro atoms. The number of anilines is 2. The van der Waals surface area contributed by atoms with E-state index in [0.29, 0.717) is 0 Å². The van der Waals surface area contributed by atoms with Crippen molar-refractivity contribution >= 4 is 11.5 Å². The quantitative estimate of drug-likeness (QED) is 0.937. The normalized spacial score (nSPS) is 15.3. The molecule has 1 saturated heterocycles. The predicted octanol–water partition coefficient (Wildman–Crippen LogP) is 2.21. The van der Waals surface area contributed by atoms with Crippen LogP contribution in [0, 0.1) is 6.92 Å². The Morgan fingerprint density at radius 3 is 2.52 bits per heavy atom. The largest absolute Gasteiger partial charge is 0.392 e. The lowest BCUT2D eigenvalue weighted by atomic mass is 10.2. The van der Waals surface area contributed by atoms with Gasteiger partial charge in [0, 0.05) is 38.1 Å². The first-order chi connectivity index (χ1) is 10.3. The van der Waals surface area contributed by atoms with Crippen molar-refractivity contribution in [3.63, 3.8) is 0 Å². The lowest BCUT2D eigenvalue weighted by Gasteiger charge is -2.37. The molecule has 4 heteroatoms. The van der Waals surface area contributed by atoms with Crippen LogP contribution >= 0.6 is 0 Å². The van der Waals surface area contributed by atoms with Crippen LogP contribution in [0.3, 0.4) is 0 Å². The van der Waals surface area contributed by atoms with Crippen LogP contribution in [0.15, 0.2) is 42.6 Å². The van der Waals surface area contributed by atoms with E-state index in [1.165, 1.54) is 11.3 Å². The summed E-state index contributed by atoms with van der Waals surface area (Å²) in [6, 6.07) is 12.5. The molecule has 3 rings (SSSR count).